The number of urea groups is 1. The van der Waals surface area contributed by atoms with Crippen LogP contribution < -0.4 is 5.32 Å². The number of carbonyl (C=O) groups excluding carboxylic acids is 1. The number of carbonyl (C=O) groups is 1. The molecule has 2 saturated carbocycles. The van der Waals surface area contributed by atoms with E-state index in [4.69, 9.17) is 4.42 Å². The van der Waals surface area contributed by atoms with Gasteiger partial charge < -0.3 is 14.6 Å². The first-order valence-electron chi connectivity index (χ1n) is 6.76. The summed E-state index contributed by atoms with van der Waals surface area (Å²) in [6, 6.07) is 4.48. The fourth-order valence-electron chi connectivity index (χ4n) is 2.46. The molecule has 0 unspecified atom stereocenters. The van der Waals surface area contributed by atoms with Crippen molar-refractivity contribution in [3.05, 3.63) is 23.7 Å². The van der Waals surface area contributed by atoms with Gasteiger partial charge in [-0.05, 0) is 37.3 Å². The molecule has 1 aromatic heterocycles. The molecule has 2 atom stereocenters. The molecule has 98 valence electrons. The lowest BCUT2D eigenvalue weighted by Crippen LogP contribution is -2.38. The molecule has 1 aromatic rings. The Morgan fingerprint density at radius 2 is 2.22 bits per heavy atom. The van der Waals surface area contributed by atoms with Crippen LogP contribution in [0.2, 0.25) is 0 Å². The maximum absolute atomic E-state index is 11.8. The van der Waals surface area contributed by atoms with E-state index in [1.165, 1.54) is 6.42 Å². The topological polar surface area (TPSA) is 45.5 Å². The van der Waals surface area contributed by atoms with Gasteiger partial charge in [-0.3, -0.25) is 0 Å². The number of hydrogen-bond acceptors (Lipinski definition) is 2. The van der Waals surface area contributed by atoms with E-state index in [1.807, 2.05) is 11.0 Å². The average molecular weight is 248 g/mol. The van der Waals surface area contributed by atoms with Crippen LogP contribution in [0.25, 0.3) is 0 Å². The van der Waals surface area contributed by atoms with Crippen molar-refractivity contribution in [1.82, 2.24) is 10.2 Å². The van der Waals surface area contributed by atoms with E-state index < -0.39 is 0 Å². The minimum Gasteiger partial charge on any atom is -0.464 e. The summed E-state index contributed by atoms with van der Waals surface area (Å²) in [5.74, 6) is 3.35. The van der Waals surface area contributed by atoms with Gasteiger partial charge in [-0.1, -0.05) is 6.92 Å². The standard InChI is InChI=1S/C14H20N2O2/c1-9-7-12(9)13-6-5-11(18-13)8-16(10-3-4-10)14(17)15-2/h5-6,9-10,12H,3-4,7-8H2,1-2H3,(H,15,17)/t9-,12+/m1/s1. The summed E-state index contributed by atoms with van der Waals surface area (Å²) in [5, 5.41) is 2.70. The Hall–Kier alpha value is -1.45. The Morgan fingerprint density at radius 3 is 2.78 bits per heavy atom. The zero-order valence-corrected chi connectivity index (χ0v) is 11.0. The van der Waals surface area contributed by atoms with E-state index >= 15 is 0 Å². The molecule has 2 amide bonds. The van der Waals surface area contributed by atoms with Crippen molar-refractivity contribution in [1.29, 1.82) is 0 Å². The third kappa shape index (κ3) is 2.24. The number of nitrogens with zero attached hydrogens (tertiary/aromatic N) is 1. The second kappa shape index (κ2) is 4.34. The lowest BCUT2D eigenvalue weighted by Gasteiger charge is -2.20. The third-order valence-corrected chi connectivity index (χ3v) is 3.95. The van der Waals surface area contributed by atoms with Crippen LogP contribution in [-0.4, -0.2) is 24.0 Å². The minimum atomic E-state index is -0.00441. The highest BCUT2D eigenvalue weighted by Gasteiger charge is 2.37. The predicted octanol–water partition coefficient (Wildman–Crippen LogP) is 2.71. The van der Waals surface area contributed by atoms with Gasteiger partial charge in [0.15, 0.2) is 0 Å². The molecule has 1 heterocycles. The van der Waals surface area contributed by atoms with Gasteiger partial charge >= 0.3 is 6.03 Å². The van der Waals surface area contributed by atoms with E-state index in [1.54, 1.807) is 7.05 Å². The van der Waals surface area contributed by atoms with Crippen LogP contribution in [0, 0.1) is 5.92 Å². The first-order valence-corrected chi connectivity index (χ1v) is 6.76. The molecule has 0 radical (unpaired) electrons. The van der Waals surface area contributed by atoms with Gasteiger partial charge in [0.05, 0.1) is 6.54 Å². The summed E-state index contributed by atoms with van der Waals surface area (Å²) in [6.07, 6.45) is 3.45. The number of rotatable bonds is 4. The van der Waals surface area contributed by atoms with Crippen molar-refractivity contribution in [3.63, 3.8) is 0 Å². The van der Waals surface area contributed by atoms with Gasteiger partial charge in [0.1, 0.15) is 11.5 Å². The van der Waals surface area contributed by atoms with Crippen LogP contribution >= 0.6 is 0 Å². The minimum absolute atomic E-state index is 0.00441. The van der Waals surface area contributed by atoms with E-state index in [9.17, 15) is 4.79 Å². The Bertz CT molecular complexity index is 450. The van der Waals surface area contributed by atoms with Crippen LogP contribution in [0.5, 0.6) is 0 Å². The van der Waals surface area contributed by atoms with Gasteiger partial charge in [0, 0.05) is 19.0 Å². The summed E-state index contributed by atoms with van der Waals surface area (Å²) in [4.78, 5) is 13.6. The van der Waals surface area contributed by atoms with Crippen molar-refractivity contribution in [3.8, 4) is 0 Å². The molecule has 0 aromatic carbocycles. The zero-order chi connectivity index (χ0) is 12.7. The predicted molar refractivity (Wildman–Crippen MR) is 68.3 cm³/mol. The molecule has 0 saturated heterocycles. The van der Waals surface area contributed by atoms with Crippen molar-refractivity contribution >= 4 is 6.03 Å². The summed E-state index contributed by atoms with van der Waals surface area (Å²) in [6.45, 7) is 2.83. The van der Waals surface area contributed by atoms with Gasteiger partial charge in [-0.15, -0.1) is 0 Å². The molecule has 2 aliphatic rings. The first kappa shape index (κ1) is 11.6. The molecule has 2 aliphatic carbocycles. The highest BCUT2D eigenvalue weighted by molar-refractivity contribution is 5.74. The molecule has 0 bridgehead atoms. The summed E-state index contributed by atoms with van der Waals surface area (Å²) >= 11 is 0. The lowest BCUT2D eigenvalue weighted by atomic mass is 10.3. The maximum atomic E-state index is 11.8. The van der Waals surface area contributed by atoms with Gasteiger partial charge in [-0.25, -0.2) is 4.79 Å². The second-order valence-electron chi connectivity index (χ2n) is 5.54. The normalized spacial score (nSPS) is 25.9. The number of furan rings is 1. The molecule has 1 N–H and O–H groups in total. The molecular weight excluding hydrogens is 228 g/mol. The van der Waals surface area contributed by atoms with Crippen molar-refractivity contribution in [2.75, 3.05) is 7.05 Å². The average Bonchev–Trinajstić information content (AvgIpc) is 3.28. The van der Waals surface area contributed by atoms with Crippen molar-refractivity contribution < 1.29 is 9.21 Å². The summed E-state index contributed by atoms with van der Waals surface area (Å²) < 4.78 is 5.86. The van der Waals surface area contributed by atoms with Crippen LogP contribution in [0.4, 0.5) is 4.79 Å². The molecule has 0 spiro atoms. The summed E-state index contributed by atoms with van der Waals surface area (Å²) in [5.41, 5.74) is 0. The third-order valence-electron chi connectivity index (χ3n) is 3.95. The molecule has 4 nitrogen and oxygen atoms in total. The molecule has 3 rings (SSSR count). The van der Waals surface area contributed by atoms with Crippen LogP contribution in [0.1, 0.15) is 43.6 Å². The van der Waals surface area contributed by atoms with Gasteiger partial charge in [0.2, 0.25) is 0 Å². The van der Waals surface area contributed by atoms with Crippen LogP contribution in [0.15, 0.2) is 16.5 Å². The first-order chi connectivity index (χ1) is 8.69. The Kier molecular flexibility index (Phi) is 2.80. The molecular formula is C14H20N2O2. The Balaban J connectivity index is 1.66. The maximum Gasteiger partial charge on any atom is 0.317 e. The SMILES string of the molecule is CNC(=O)N(Cc1ccc([C@H]2C[C@H]2C)o1)C1CC1. The fraction of sp³-hybridized carbons (Fsp3) is 0.643. The van der Waals surface area contributed by atoms with E-state index in [0.29, 0.717) is 18.5 Å². The van der Waals surface area contributed by atoms with E-state index in [0.717, 1.165) is 30.3 Å². The number of amides is 2. The zero-order valence-electron chi connectivity index (χ0n) is 11.0. The highest BCUT2D eigenvalue weighted by Crippen LogP contribution is 2.47. The smallest absolute Gasteiger partial charge is 0.317 e. The van der Waals surface area contributed by atoms with E-state index in [2.05, 4.69) is 18.3 Å². The fourth-order valence-corrected chi connectivity index (χ4v) is 2.46. The largest absolute Gasteiger partial charge is 0.464 e. The quantitative estimate of drug-likeness (QED) is 0.890. The van der Waals surface area contributed by atoms with E-state index in [-0.39, 0.29) is 6.03 Å². The monoisotopic (exact) mass is 248 g/mol. The summed E-state index contributed by atoms with van der Waals surface area (Å²) in [7, 11) is 1.68. The molecule has 2 fully saturated rings. The molecule has 0 aliphatic heterocycles. The second-order valence-corrected chi connectivity index (χ2v) is 5.54. The lowest BCUT2D eigenvalue weighted by molar-refractivity contribution is 0.188. The number of hydrogen-bond donors (Lipinski definition) is 1. The number of nitrogens with one attached hydrogen (secondary N) is 1. The van der Waals surface area contributed by atoms with Crippen molar-refractivity contribution in [2.45, 2.75) is 44.7 Å². The van der Waals surface area contributed by atoms with Crippen molar-refractivity contribution in [2.24, 2.45) is 5.92 Å². The van der Waals surface area contributed by atoms with Gasteiger partial charge in [-0.2, -0.15) is 0 Å². The van der Waals surface area contributed by atoms with Crippen LogP contribution in [-0.2, 0) is 6.54 Å². The van der Waals surface area contributed by atoms with Crippen LogP contribution in [0.3, 0.4) is 0 Å². The molecule has 18 heavy (non-hydrogen) atoms. The highest BCUT2D eigenvalue weighted by atomic mass is 16.3. The van der Waals surface area contributed by atoms with Gasteiger partial charge in [0.25, 0.3) is 0 Å². The Morgan fingerprint density at radius 1 is 1.50 bits per heavy atom. The molecule has 4 heteroatoms. The Labute approximate surface area is 107 Å².